The molecule has 0 radical (unpaired) electrons. The van der Waals surface area contributed by atoms with E-state index in [-0.39, 0.29) is 22.6 Å². The molecule has 0 aromatic heterocycles. The Kier molecular flexibility index (Phi) is 4.22. The van der Waals surface area contributed by atoms with Gasteiger partial charge in [-0.2, -0.15) is 10.5 Å². The highest BCUT2D eigenvalue weighted by atomic mass is 19.2. The normalized spacial score (nSPS) is 9.00. The van der Waals surface area contributed by atoms with Crippen molar-refractivity contribution in [3.05, 3.63) is 35.0 Å². The number of anilines is 1. The molecule has 0 spiro atoms. The maximum atomic E-state index is 13.5. The first kappa shape index (κ1) is 13.5. The molecule has 0 saturated heterocycles. The van der Waals surface area contributed by atoms with Gasteiger partial charge in [-0.15, -0.1) is 0 Å². The third kappa shape index (κ3) is 2.55. The number of allylic oxidation sites excluding steroid dienone is 1. The van der Waals surface area contributed by atoms with Crippen LogP contribution in [0, 0.1) is 41.2 Å². The summed E-state index contributed by atoms with van der Waals surface area (Å²) in [6, 6.07) is 4.42. The van der Waals surface area contributed by atoms with Crippen LogP contribution in [0.4, 0.5) is 14.5 Å². The van der Waals surface area contributed by atoms with Gasteiger partial charge in [0.15, 0.2) is 11.6 Å². The molecule has 0 bridgehead atoms. The molecule has 0 heterocycles. The molecular formula is C12H9F2N3O. The number of ether oxygens (including phenoxy) is 1. The first-order valence-electron chi connectivity index (χ1n) is 4.84. The number of hydrogen-bond donors (Lipinski definition) is 1. The average Bonchev–Trinajstić information content (AvgIpc) is 2.39. The maximum Gasteiger partial charge on any atom is 0.182 e. The van der Waals surface area contributed by atoms with Gasteiger partial charge >= 0.3 is 0 Å². The summed E-state index contributed by atoms with van der Waals surface area (Å²) in [6.45, 7) is 1.38. The lowest BCUT2D eigenvalue weighted by molar-refractivity contribution is 0.402. The van der Waals surface area contributed by atoms with Crippen LogP contribution in [0.3, 0.4) is 0 Å². The molecule has 1 rings (SSSR count). The van der Waals surface area contributed by atoms with E-state index in [1.54, 1.807) is 12.1 Å². The molecule has 0 aliphatic rings. The third-order valence-electron chi connectivity index (χ3n) is 2.24. The monoisotopic (exact) mass is 249 g/mol. The second-order valence-corrected chi connectivity index (χ2v) is 3.31. The summed E-state index contributed by atoms with van der Waals surface area (Å²) in [7, 11) is 1.33. The quantitative estimate of drug-likeness (QED) is 0.836. The molecule has 0 aliphatic heterocycles. The van der Waals surface area contributed by atoms with Gasteiger partial charge < -0.3 is 10.1 Å². The molecule has 18 heavy (non-hydrogen) atoms. The largest absolute Gasteiger partial charge is 0.496 e. The molecule has 0 fully saturated rings. The second-order valence-electron chi connectivity index (χ2n) is 3.31. The molecule has 0 amide bonds. The topological polar surface area (TPSA) is 68.8 Å². The average molecular weight is 249 g/mol. The Balaban J connectivity index is 3.20. The van der Waals surface area contributed by atoms with Crippen LogP contribution >= 0.6 is 0 Å². The van der Waals surface area contributed by atoms with Crippen molar-refractivity contribution < 1.29 is 13.5 Å². The molecule has 0 atom stereocenters. The van der Waals surface area contributed by atoms with E-state index < -0.39 is 11.6 Å². The number of methoxy groups -OCH3 is 1. The van der Waals surface area contributed by atoms with Crippen LogP contribution in [-0.4, -0.2) is 7.11 Å². The van der Waals surface area contributed by atoms with E-state index in [1.807, 2.05) is 0 Å². The molecule has 92 valence electrons. The Labute approximate surface area is 103 Å². The molecule has 0 unspecified atom stereocenters. The minimum atomic E-state index is -1.10. The number of nitriles is 2. The highest BCUT2D eigenvalue weighted by Gasteiger charge is 2.15. The van der Waals surface area contributed by atoms with Gasteiger partial charge in [0.05, 0.1) is 12.8 Å². The minimum absolute atomic E-state index is 0.0466. The summed E-state index contributed by atoms with van der Waals surface area (Å²) in [4.78, 5) is 0. The van der Waals surface area contributed by atoms with E-state index in [0.717, 1.165) is 6.20 Å². The van der Waals surface area contributed by atoms with Crippen LogP contribution in [0.1, 0.15) is 5.56 Å². The van der Waals surface area contributed by atoms with Gasteiger partial charge in [-0.25, -0.2) is 8.78 Å². The number of nitrogens with zero attached hydrogens (tertiary/aromatic N) is 2. The maximum absolute atomic E-state index is 13.5. The van der Waals surface area contributed by atoms with Gasteiger partial charge in [-0.3, -0.25) is 0 Å². The summed E-state index contributed by atoms with van der Waals surface area (Å²) in [5.74, 6) is -1.97. The van der Waals surface area contributed by atoms with Gasteiger partial charge in [0.1, 0.15) is 23.5 Å². The Morgan fingerprint density at radius 2 is 1.94 bits per heavy atom. The molecule has 0 aliphatic carbocycles. The Morgan fingerprint density at radius 3 is 2.44 bits per heavy atom. The third-order valence-corrected chi connectivity index (χ3v) is 2.24. The van der Waals surface area contributed by atoms with Crippen LogP contribution in [0.15, 0.2) is 17.8 Å². The van der Waals surface area contributed by atoms with Crippen molar-refractivity contribution >= 4 is 5.69 Å². The van der Waals surface area contributed by atoms with Crippen LogP contribution in [-0.2, 0) is 0 Å². The summed E-state index contributed by atoms with van der Waals surface area (Å²) >= 11 is 0. The predicted molar refractivity (Wildman–Crippen MR) is 60.6 cm³/mol. The number of nitrogens with one attached hydrogen (secondary N) is 1. The van der Waals surface area contributed by atoms with E-state index in [4.69, 9.17) is 15.3 Å². The molecule has 1 N–H and O–H groups in total. The molecule has 1 aromatic carbocycles. The predicted octanol–water partition coefficient (Wildman–Crippen LogP) is 2.62. The van der Waals surface area contributed by atoms with Crippen molar-refractivity contribution in [2.45, 2.75) is 6.92 Å². The van der Waals surface area contributed by atoms with E-state index in [9.17, 15) is 8.78 Å². The summed E-state index contributed by atoms with van der Waals surface area (Å²) in [5.41, 5.74) is -0.419. The molecule has 0 saturated carbocycles. The molecule has 4 nitrogen and oxygen atoms in total. The summed E-state index contributed by atoms with van der Waals surface area (Å²) in [6.07, 6.45) is 0.993. The molecule has 1 aromatic rings. The molecular weight excluding hydrogens is 240 g/mol. The summed E-state index contributed by atoms with van der Waals surface area (Å²) < 4.78 is 31.9. The van der Waals surface area contributed by atoms with Crippen molar-refractivity contribution in [3.8, 4) is 17.9 Å². The SMILES string of the molecule is COc1cc(NC=C(C#N)C#N)c(F)c(F)c1C. The standard InChI is InChI=1S/C12H9F2N3O/c1-7-10(18-2)3-9(12(14)11(7)13)17-6-8(4-15)5-16/h3,6,17H,1-2H3. The van der Waals surface area contributed by atoms with Crippen molar-refractivity contribution in [1.82, 2.24) is 0 Å². The first-order chi connectivity index (χ1) is 8.54. The number of hydrogen-bond acceptors (Lipinski definition) is 4. The Hall–Kier alpha value is -2.60. The van der Waals surface area contributed by atoms with Crippen molar-refractivity contribution in [2.75, 3.05) is 12.4 Å². The fourth-order valence-electron chi connectivity index (χ4n) is 1.25. The van der Waals surface area contributed by atoms with Crippen molar-refractivity contribution in [3.63, 3.8) is 0 Å². The van der Waals surface area contributed by atoms with Crippen LogP contribution in [0.25, 0.3) is 0 Å². The fourth-order valence-corrected chi connectivity index (χ4v) is 1.25. The van der Waals surface area contributed by atoms with E-state index in [1.165, 1.54) is 20.1 Å². The van der Waals surface area contributed by atoms with Gasteiger partial charge in [-0.1, -0.05) is 0 Å². The van der Waals surface area contributed by atoms with Crippen LogP contribution in [0.2, 0.25) is 0 Å². The van der Waals surface area contributed by atoms with Crippen molar-refractivity contribution in [2.24, 2.45) is 0 Å². The lowest BCUT2D eigenvalue weighted by Gasteiger charge is -2.10. The number of halogens is 2. The molecule has 6 heteroatoms. The van der Waals surface area contributed by atoms with E-state index >= 15 is 0 Å². The Bertz CT molecular complexity index is 566. The zero-order chi connectivity index (χ0) is 13.7. The smallest absolute Gasteiger partial charge is 0.182 e. The number of rotatable bonds is 3. The minimum Gasteiger partial charge on any atom is -0.496 e. The first-order valence-corrected chi connectivity index (χ1v) is 4.84. The zero-order valence-electron chi connectivity index (χ0n) is 9.71. The van der Waals surface area contributed by atoms with Crippen LogP contribution < -0.4 is 10.1 Å². The van der Waals surface area contributed by atoms with Gasteiger partial charge in [0.2, 0.25) is 0 Å². The van der Waals surface area contributed by atoms with Gasteiger partial charge in [0, 0.05) is 17.8 Å². The van der Waals surface area contributed by atoms with Crippen LogP contribution in [0.5, 0.6) is 5.75 Å². The fraction of sp³-hybridized carbons (Fsp3) is 0.167. The number of benzene rings is 1. The summed E-state index contributed by atoms with van der Waals surface area (Å²) in [5, 5.41) is 19.4. The van der Waals surface area contributed by atoms with Crippen molar-refractivity contribution in [1.29, 1.82) is 10.5 Å². The van der Waals surface area contributed by atoms with Gasteiger partial charge in [0.25, 0.3) is 0 Å². The van der Waals surface area contributed by atoms with E-state index in [0.29, 0.717) is 0 Å². The highest BCUT2D eigenvalue weighted by Crippen LogP contribution is 2.29. The highest BCUT2D eigenvalue weighted by molar-refractivity contribution is 5.56. The Morgan fingerprint density at radius 1 is 1.33 bits per heavy atom. The lowest BCUT2D eigenvalue weighted by atomic mass is 10.1. The van der Waals surface area contributed by atoms with Gasteiger partial charge in [-0.05, 0) is 6.92 Å². The second kappa shape index (κ2) is 5.65. The lowest BCUT2D eigenvalue weighted by Crippen LogP contribution is -2.01. The van der Waals surface area contributed by atoms with E-state index in [2.05, 4.69) is 5.32 Å². The zero-order valence-corrected chi connectivity index (χ0v) is 9.71.